The first kappa shape index (κ1) is 12.4. The standard InChI is InChI=1S/C12H21N3O2/c1-9-4-2-3-7-15(9)11(16)8-10-12(17)14-6-5-13-10/h9-10,13H,2-8H2,1H3,(H,14,17)/p+1/t9-,10+/m1/s1. The first-order valence-corrected chi connectivity index (χ1v) is 6.59. The predicted molar refractivity (Wildman–Crippen MR) is 63.2 cm³/mol. The molecule has 0 aromatic rings. The quantitative estimate of drug-likeness (QED) is 0.639. The smallest absolute Gasteiger partial charge is 0.278 e. The molecule has 0 radical (unpaired) electrons. The van der Waals surface area contributed by atoms with Crippen LogP contribution in [0, 0.1) is 0 Å². The van der Waals surface area contributed by atoms with Crippen LogP contribution in [0.4, 0.5) is 0 Å². The molecular weight excluding hydrogens is 218 g/mol. The van der Waals surface area contributed by atoms with Crippen molar-refractivity contribution in [1.29, 1.82) is 0 Å². The minimum absolute atomic E-state index is 0.00858. The van der Waals surface area contributed by atoms with E-state index in [-0.39, 0.29) is 17.9 Å². The molecule has 2 rings (SSSR count). The minimum atomic E-state index is -0.217. The number of carbonyl (C=O) groups is 2. The van der Waals surface area contributed by atoms with E-state index in [0.717, 1.165) is 25.9 Å². The molecular formula is C12H22N3O2+. The molecule has 2 fully saturated rings. The number of piperidine rings is 1. The van der Waals surface area contributed by atoms with Crippen LogP contribution in [0.2, 0.25) is 0 Å². The summed E-state index contributed by atoms with van der Waals surface area (Å²) in [5, 5.41) is 4.79. The molecule has 0 spiro atoms. The molecule has 96 valence electrons. The van der Waals surface area contributed by atoms with Gasteiger partial charge in [-0.25, -0.2) is 0 Å². The van der Waals surface area contributed by atoms with E-state index in [1.807, 2.05) is 10.2 Å². The Kier molecular flexibility index (Phi) is 3.99. The van der Waals surface area contributed by atoms with E-state index < -0.39 is 0 Å². The second-order valence-electron chi connectivity index (χ2n) is 5.06. The number of piperazine rings is 1. The maximum Gasteiger partial charge on any atom is 0.278 e. The van der Waals surface area contributed by atoms with Crippen LogP contribution >= 0.6 is 0 Å². The molecule has 5 nitrogen and oxygen atoms in total. The van der Waals surface area contributed by atoms with Gasteiger partial charge in [0.2, 0.25) is 5.91 Å². The van der Waals surface area contributed by atoms with Gasteiger partial charge in [-0.2, -0.15) is 0 Å². The Balaban J connectivity index is 1.89. The molecule has 0 aromatic carbocycles. The van der Waals surface area contributed by atoms with Crippen molar-refractivity contribution >= 4 is 11.8 Å². The number of quaternary nitrogens is 1. The number of nitrogens with two attached hydrogens (primary N) is 1. The van der Waals surface area contributed by atoms with Crippen LogP contribution in [-0.2, 0) is 9.59 Å². The maximum absolute atomic E-state index is 12.1. The maximum atomic E-state index is 12.1. The molecule has 2 aliphatic rings. The van der Waals surface area contributed by atoms with Crippen LogP contribution in [0.5, 0.6) is 0 Å². The summed E-state index contributed by atoms with van der Waals surface area (Å²) in [6.07, 6.45) is 3.74. The van der Waals surface area contributed by atoms with Gasteiger partial charge in [0.05, 0.1) is 19.5 Å². The molecule has 2 heterocycles. The van der Waals surface area contributed by atoms with Crippen molar-refractivity contribution in [2.24, 2.45) is 0 Å². The molecule has 2 aliphatic heterocycles. The predicted octanol–water partition coefficient (Wildman–Crippen LogP) is -1.16. The van der Waals surface area contributed by atoms with E-state index in [4.69, 9.17) is 0 Å². The summed E-state index contributed by atoms with van der Waals surface area (Å²) in [7, 11) is 0. The van der Waals surface area contributed by atoms with Crippen molar-refractivity contribution in [2.45, 2.75) is 44.7 Å². The van der Waals surface area contributed by atoms with Gasteiger partial charge in [0.25, 0.3) is 5.91 Å². The molecule has 3 N–H and O–H groups in total. The highest BCUT2D eigenvalue weighted by molar-refractivity contribution is 5.87. The number of rotatable bonds is 2. The SMILES string of the molecule is C[C@@H]1CCCCN1C(=O)C[C@@H]1[NH2+]CCNC1=O. The Morgan fingerprint density at radius 3 is 3.06 bits per heavy atom. The molecule has 0 unspecified atom stereocenters. The summed E-state index contributed by atoms with van der Waals surface area (Å²) >= 11 is 0. The van der Waals surface area contributed by atoms with Gasteiger partial charge in [0, 0.05) is 12.6 Å². The Labute approximate surface area is 102 Å². The second-order valence-corrected chi connectivity index (χ2v) is 5.06. The Hall–Kier alpha value is -1.10. The molecule has 2 atom stereocenters. The van der Waals surface area contributed by atoms with Crippen molar-refractivity contribution in [3.05, 3.63) is 0 Å². The van der Waals surface area contributed by atoms with E-state index in [0.29, 0.717) is 19.0 Å². The summed E-state index contributed by atoms with van der Waals surface area (Å²) in [4.78, 5) is 25.7. The number of carbonyl (C=O) groups excluding carboxylic acids is 2. The van der Waals surface area contributed by atoms with Crippen LogP contribution in [0.3, 0.4) is 0 Å². The summed E-state index contributed by atoms with van der Waals surface area (Å²) in [6, 6.07) is 0.119. The van der Waals surface area contributed by atoms with Crippen LogP contribution in [0.15, 0.2) is 0 Å². The van der Waals surface area contributed by atoms with Gasteiger partial charge in [-0.05, 0) is 26.2 Å². The normalized spacial score (nSPS) is 29.9. The monoisotopic (exact) mass is 240 g/mol. The largest absolute Gasteiger partial charge is 0.345 e. The molecule has 2 saturated heterocycles. The Morgan fingerprint density at radius 1 is 1.53 bits per heavy atom. The third-order valence-electron chi connectivity index (χ3n) is 3.75. The molecule has 5 heteroatoms. The van der Waals surface area contributed by atoms with E-state index in [1.54, 1.807) is 0 Å². The molecule has 0 saturated carbocycles. The van der Waals surface area contributed by atoms with Gasteiger partial charge in [-0.3, -0.25) is 9.59 Å². The third-order valence-corrected chi connectivity index (χ3v) is 3.75. The fourth-order valence-corrected chi connectivity index (χ4v) is 2.67. The molecule has 0 bridgehead atoms. The molecule has 0 aromatic heterocycles. The highest BCUT2D eigenvalue weighted by Gasteiger charge is 2.31. The average molecular weight is 240 g/mol. The molecule has 2 amide bonds. The van der Waals surface area contributed by atoms with Gasteiger partial charge in [-0.15, -0.1) is 0 Å². The van der Waals surface area contributed by atoms with Gasteiger partial charge < -0.3 is 15.5 Å². The van der Waals surface area contributed by atoms with E-state index in [2.05, 4.69) is 12.2 Å². The van der Waals surface area contributed by atoms with E-state index in [9.17, 15) is 9.59 Å². The van der Waals surface area contributed by atoms with E-state index >= 15 is 0 Å². The van der Waals surface area contributed by atoms with Crippen molar-refractivity contribution in [1.82, 2.24) is 10.2 Å². The Morgan fingerprint density at radius 2 is 2.35 bits per heavy atom. The second kappa shape index (κ2) is 5.49. The lowest BCUT2D eigenvalue weighted by atomic mass is 10.0. The summed E-state index contributed by atoms with van der Waals surface area (Å²) < 4.78 is 0. The zero-order chi connectivity index (χ0) is 12.3. The first-order chi connectivity index (χ1) is 8.18. The fourth-order valence-electron chi connectivity index (χ4n) is 2.67. The number of likely N-dealkylation sites (tertiary alicyclic amines) is 1. The molecule has 0 aliphatic carbocycles. The van der Waals surface area contributed by atoms with Crippen LogP contribution < -0.4 is 10.6 Å². The van der Waals surface area contributed by atoms with Crippen molar-refractivity contribution < 1.29 is 14.9 Å². The lowest BCUT2D eigenvalue weighted by Gasteiger charge is -2.34. The summed E-state index contributed by atoms with van der Waals surface area (Å²) in [5.41, 5.74) is 0. The first-order valence-electron chi connectivity index (χ1n) is 6.59. The summed E-state index contributed by atoms with van der Waals surface area (Å²) in [5.74, 6) is 0.143. The zero-order valence-corrected chi connectivity index (χ0v) is 10.4. The number of hydrogen-bond donors (Lipinski definition) is 2. The zero-order valence-electron chi connectivity index (χ0n) is 10.4. The number of amides is 2. The van der Waals surface area contributed by atoms with Crippen LogP contribution in [-0.4, -0.2) is 48.4 Å². The van der Waals surface area contributed by atoms with Gasteiger partial charge >= 0.3 is 0 Å². The van der Waals surface area contributed by atoms with Crippen molar-refractivity contribution in [3.63, 3.8) is 0 Å². The van der Waals surface area contributed by atoms with Gasteiger partial charge in [0.1, 0.15) is 0 Å². The third kappa shape index (κ3) is 2.97. The highest BCUT2D eigenvalue weighted by atomic mass is 16.2. The minimum Gasteiger partial charge on any atom is -0.345 e. The van der Waals surface area contributed by atoms with Crippen LogP contribution in [0.1, 0.15) is 32.6 Å². The topological polar surface area (TPSA) is 66.0 Å². The van der Waals surface area contributed by atoms with Crippen molar-refractivity contribution in [3.8, 4) is 0 Å². The number of nitrogens with zero attached hydrogens (tertiary/aromatic N) is 1. The summed E-state index contributed by atoms with van der Waals surface area (Å²) in [6.45, 7) is 4.54. The Bertz CT molecular complexity index is 306. The van der Waals surface area contributed by atoms with Crippen molar-refractivity contribution in [2.75, 3.05) is 19.6 Å². The van der Waals surface area contributed by atoms with Gasteiger partial charge in [0.15, 0.2) is 6.04 Å². The van der Waals surface area contributed by atoms with E-state index in [1.165, 1.54) is 6.42 Å². The highest BCUT2D eigenvalue weighted by Crippen LogP contribution is 2.17. The number of hydrogen-bond acceptors (Lipinski definition) is 2. The molecule has 17 heavy (non-hydrogen) atoms. The number of nitrogens with one attached hydrogen (secondary N) is 1. The average Bonchev–Trinajstić information content (AvgIpc) is 2.32. The van der Waals surface area contributed by atoms with Gasteiger partial charge in [-0.1, -0.05) is 0 Å². The van der Waals surface area contributed by atoms with Crippen LogP contribution in [0.25, 0.3) is 0 Å². The fraction of sp³-hybridized carbons (Fsp3) is 0.833. The lowest BCUT2D eigenvalue weighted by Crippen LogP contribution is -2.96. The lowest BCUT2D eigenvalue weighted by molar-refractivity contribution is -0.678.